The third kappa shape index (κ3) is 4.18. The van der Waals surface area contributed by atoms with E-state index < -0.39 is 0 Å². The number of aryl methyl sites for hydroxylation is 2. The molecule has 0 spiro atoms. The van der Waals surface area contributed by atoms with Crippen LogP contribution in [0.3, 0.4) is 0 Å². The predicted molar refractivity (Wildman–Crippen MR) is 91.9 cm³/mol. The Bertz CT molecular complexity index is 620. The molecular formula is C18H20BrNO. The lowest BCUT2D eigenvalue weighted by molar-refractivity contribution is 0.102. The smallest absolute Gasteiger partial charge is 0.256 e. The van der Waals surface area contributed by atoms with Crippen LogP contribution in [0.5, 0.6) is 0 Å². The van der Waals surface area contributed by atoms with Gasteiger partial charge in [-0.05, 0) is 65.0 Å². The molecule has 2 aromatic rings. The van der Waals surface area contributed by atoms with Gasteiger partial charge in [-0.1, -0.05) is 37.6 Å². The maximum atomic E-state index is 12.3. The van der Waals surface area contributed by atoms with Gasteiger partial charge in [0, 0.05) is 10.2 Å². The van der Waals surface area contributed by atoms with Crippen molar-refractivity contribution in [3.63, 3.8) is 0 Å². The monoisotopic (exact) mass is 345 g/mol. The Morgan fingerprint density at radius 3 is 2.52 bits per heavy atom. The van der Waals surface area contributed by atoms with Gasteiger partial charge in [-0.25, -0.2) is 0 Å². The van der Waals surface area contributed by atoms with Crippen molar-refractivity contribution in [3.8, 4) is 0 Å². The van der Waals surface area contributed by atoms with Crippen molar-refractivity contribution in [2.24, 2.45) is 0 Å². The van der Waals surface area contributed by atoms with Crippen LogP contribution in [0.1, 0.15) is 41.3 Å². The number of halogens is 1. The molecule has 0 fully saturated rings. The number of hydrogen-bond acceptors (Lipinski definition) is 1. The summed E-state index contributed by atoms with van der Waals surface area (Å²) in [5.41, 5.74) is 3.85. The fourth-order valence-electron chi connectivity index (χ4n) is 2.16. The van der Waals surface area contributed by atoms with Crippen LogP contribution in [0.4, 0.5) is 5.69 Å². The van der Waals surface area contributed by atoms with E-state index >= 15 is 0 Å². The second-order valence-corrected chi connectivity index (χ2v) is 5.98. The van der Waals surface area contributed by atoms with Crippen LogP contribution in [0.2, 0.25) is 0 Å². The first-order valence-corrected chi connectivity index (χ1v) is 8.06. The van der Waals surface area contributed by atoms with Gasteiger partial charge in [0.1, 0.15) is 0 Å². The highest BCUT2D eigenvalue weighted by molar-refractivity contribution is 9.10. The third-order valence-electron chi connectivity index (χ3n) is 3.47. The van der Waals surface area contributed by atoms with Crippen molar-refractivity contribution in [3.05, 3.63) is 63.6 Å². The van der Waals surface area contributed by atoms with Crippen LogP contribution < -0.4 is 5.32 Å². The summed E-state index contributed by atoms with van der Waals surface area (Å²) in [6.45, 7) is 4.16. The summed E-state index contributed by atoms with van der Waals surface area (Å²) in [7, 11) is 0. The summed E-state index contributed by atoms with van der Waals surface area (Å²) >= 11 is 3.47. The molecule has 1 amide bonds. The number of carbonyl (C=O) groups is 1. The Kier molecular flexibility index (Phi) is 5.57. The number of carbonyl (C=O) groups excluding carboxylic acids is 1. The molecule has 0 bridgehead atoms. The summed E-state index contributed by atoms with van der Waals surface area (Å²) in [6, 6.07) is 13.8. The molecule has 1 N–H and O–H groups in total. The first-order chi connectivity index (χ1) is 10.1. The van der Waals surface area contributed by atoms with Gasteiger partial charge in [-0.15, -0.1) is 0 Å². The molecule has 0 aromatic heterocycles. The van der Waals surface area contributed by atoms with Gasteiger partial charge in [-0.2, -0.15) is 0 Å². The lowest BCUT2D eigenvalue weighted by Crippen LogP contribution is -2.12. The molecule has 0 saturated heterocycles. The third-order valence-corrected chi connectivity index (χ3v) is 4.52. The highest BCUT2D eigenvalue weighted by Gasteiger charge is 2.11. The van der Waals surface area contributed by atoms with Crippen LogP contribution in [0, 0.1) is 6.92 Å². The number of amides is 1. The van der Waals surface area contributed by atoms with E-state index in [2.05, 4.69) is 40.3 Å². The molecule has 110 valence electrons. The molecule has 0 heterocycles. The maximum Gasteiger partial charge on any atom is 0.256 e. The molecule has 2 rings (SSSR count). The van der Waals surface area contributed by atoms with E-state index in [4.69, 9.17) is 0 Å². The van der Waals surface area contributed by atoms with Crippen molar-refractivity contribution in [1.29, 1.82) is 0 Å². The summed E-state index contributed by atoms with van der Waals surface area (Å²) in [5, 5.41) is 2.94. The van der Waals surface area contributed by atoms with Crippen LogP contribution in [0.15, 0.2) is 46.9 Å². The standard InChI is InChI=1S/C18H20BrNO/c1-3-4-7-14-9-11-15(12-10-14)20-18(21)16-8-5-6-13(2)17(16)19/h5-6,8-12H,3-4,7H2,1-2H3,(H,20,21). The van der Waals surface area contributed by atoms with E-state index in [1.807, 2.05) is 37.3 Å². The Labute approximate surface area is 134 Å². The highest BCUT2D eigenvalue weighted by Crippen LogP contribution is 2.22. The van der Waals surface area contributed by atoms with E-state index in [1.165, 1.54) is 18.4 Å². The second kappa shape index (κ2) is 7.41. The molecule has 21 heavy (non-hydrogen) atoms. The number of anilines is 1. The van der Waals surface area contributed by atoms with Gasteiger partial charge in [0.05, 0.1) is 5.56 Å². The molecule has 0 aliphatic rings. The van der Waals surface area contributed by atoms with Gasteiger partial charge in [0.2, 0.25) is 0 Å². The minimum Gasteiger partial charge on any atom is -0.322 e. The van der Waals surface area contributed by atoms with E-state index in [-0.39, 0.29) is 5.91 Å². The average molecular weight is 346 g/mol. The zero-order valence-electron chi connectivity index (χ0n) is 12.4. The molecule has 0 radical (unpaired) electrons. The Morgan fingerprint density at radius 1 is 1.14 bits per heavy atom. The molecule has 0 atom stereocenters. The van der Waals surface area contributed by atoms with Crippen LogP contribution in [0.25, 0.3) is 0 Å². The molecule has 0 aliphatic heterocycles. The lowest BCUT2D eigenvalue weighted by Gasteiger charge is -2.09. The molecule has 0 aliphatic carbocycles. The zero-order chi connectivity index (χ0) is 15.2. The van der Waals surface area contributed by atoms with Crippen LogP contribution in [-0.4, -0.2) is 5.91 Å². The highest BCUT2D eigenvalue weighted by atomic mass is 79.9. The Balaban J connectivity index is 2.07. The summed E-state index contributed by atoms with van der Waals surface area (Å²) < 4.78 is 0.849. The van der Waals surface area contributed by atoms with Gasteiger partial charge in [0.15, 0.2) is 0 Å². The summed E-state index contributed by atoms with van der Waals surface area (Å²) in [5.74, 6) is -0.0908. The molecular weight excluding hydrogens is 326 g/mol. The van der Waals surface area contributed by atoms with Crippen LogP contribution >= 0.6 is 15.9 Å². The Hall–Kier alpha value is -1.61. The predicted octanol–water partition coefficient (Wildman–Crippen LogP) is 5.35. The quantitative estimate of drug-likeness (QED) is 0.777. The molecule has 0 unspecified atom stereocenters. The number of hydrogen-bond donors (Lipinski definition) is 1. The van der Waals surface area contributed by atoms with Crippen LogP contribution in [-0.2, 0) is 6.42 Å². The minimum absolute atomic E-state index is 0.0908. The van der Waals surface area contributed by atoms with E-state index in [0.29, 0.717) is 5.56 Å². The van der Waals surface area contributed by atoms with Crippen molar-refractivity contribution < 1.29 is 4.79 Å². The van der Waals surface area contributed by atoms with E-state index in [0.717, 1.165) is 22.1 Å². The maximum absolute atomic E-state index is 12.3. The van der Waals surface area contributed by atoms with Crippen molar-refractivity contribution in [2.45, 2.75) is 33.1 Å². The SMILES string of the molecule is CCCCc1ccc(NC(=O)c2cccc(C)c2Br)cc1. The molecule has 0 saturated carbocycles. The first kappa shape index (κ1) is 15.8. The van der Waals surface area contributed by atoms with E-state index in [9.17, 15) is 4.79 Å². The van der Waals surface area contributed by atoms with Gasteiger partial charge < -0.3 is 5.32 Å². The molecule has 3 heteroatoms. The number of benzene rings is 2. The summed E-state index contributed by atoms with van der Waals surface area (Å²) in [4.78, 5) is 12.3. The van der Waals surface area contributed by atoms with Crippen molar-refractivity contribution in [2.75, 3.05) is 5.32 Å². The fraction of sp³-hybridized carbons (Fsp3) is 0.278. The molecule has 2 nitrogen and oxygen atoms in total. The molecule has 2 aromatic carbocycles. The normalized spacial score (nSPS) is 10.4. The van der Waals surface area contributed by atoms with Gasteiger partial charge >= 0.3 is 0 Å². The number of rotatable bonds is 5. The number of nitrogens with one attached hydrogen (secondary N) is 1. The fourth-order valence-corrected chi connectivity index (χ4v) is 2.60. The lowest BCUT2D eigenvalue weighted by atomic mass is 10.1. The number of unbranched alkanes of at least 4 members (excludes halogenated alkanes) is 1. The second-order valence-electron chi connectivity index (χ2n) is 5.19. The first-order valence-electron chi connectivity index (χ1n) is 7.27. The average Bonchev–Trinajstić information content (AvgIpc) is 2.49. The van der Waals surface area contributed by atoms with Crippen molar-refractivity contribution in [1.82, 2.24) is 0 Å². The van der Waals surface area contributed by atoms with E-state index in [1.54, 1.807) is 0 Å². The summed E-state index contributed by atoms with van der Waals surface area (Å²) in [6.07, 6.45) is 3.48. The topological polar surface area (TPSA) is 29.1 Å². The van der Waals surface area contributed by atoms with Gasteiger partial charge in [-0.3, -0.25) is 4.79 Å². The largest absolute Gasteiger partial charge is 0.322 e. The van der Waals surface area contributed by atoms with Gasteiger partial charge in [0.25, 0.3) is 5.91 Å². The minimum atomic E-state index is -0.0908. The Morgan fingerprint density at radius 2 is 1.86 bits per heavy atom. The zero-order valence-corrected chi connectivity index (χ0v) is 14.0. The van der Waals surface area contributed by atoms with Crippen molar-refractivity contribution >= 4 is 27.5 Å².